The summed E-state index contributed by atoms with van der Waals surface area (Å²) in [6, 6.07) is 3.24. The van der Waals surface area contributed by atoms with Crippen LogP contribution < -0.4 is 5.32 Å². The summed E-state index contributed by atoms with van der Waals surface area (Å²) < 4.78 is 22.9. The van der Waals surface area contributed by atoms with Crippen LogP contribution in [0.4, 0.5) is 10.5 Å². The molecule has 0 aromatic carbocycles. The van der Waals surface area contributed by atoms with E-state index in [1.807, 2.05) is 4.90 Å². The monoisotopic (exact) mass is 365 g/mol. The molecule has 25 heavy (non-hydrogen) atoms. The Morgan fingerprint density at radius 3 is 2.60 bits per heavy atom. The fraction of sp³-hybridized carbons (Fsp3) is 0.667. The molecule has 1 saturated heterocycles. The molecular weight excluding hydrogens is 338 g/mol. The zero-order valence-electron chi connectivity index (χ0n) is 14.8. The second kappa shape index (κ2) is 7.72. The van der Waals surface area contributed by atoms with Crippen LogP contribution in [-0.4, -0.2) is 43.2 Å². The zero-order chi connectivity index (χ0) is 17.9. The van der Waals surface area contributed by atoms with Crippen LogP contribution in [0.25, 0.3) is 0 Å². The Morgan fingerprint density at radius 2 is 1.96 bits per heavy atom. The number of carbonyl (C=O) groups is 1. The molecule has 1 N–H and O–H groups in total. The van der Waals surface area contributed by atoms with Crippen LogP contribution in [0.1, 0.15) is 51.4 Å². The molecule has 0 radical (unpaired) electrons. The highest BCUT2D eigenvalue weighted by atomic mass is 32.2. The van der Waals surface area contributed by atoms with E-state index in [1.165, 1.54) is 44.4 Å². The first-order valence-electron chi connectivity index (χ1n) is 9.17. The molecule has 1 aliphatic heterocycles. The van der Waals surface area contributed by atoms with E-state index in [1.54, 1.807) is 6.07 Å². The fourth-order valence-electron chi connectivity index (χ4n) is 4.02. The predicted molar refractivity (Wildman–Crippen MR) is 97.3 cm³/mol. The highest BCUT2D eigenvalue weighted by Gasteiger charge is 2.31. The molecule has 0 spiro atoms. The lowest BCUT2D eigenvalue weighted by Gasteiger charge is -2.30. The highest BCUT2D eigenvalue weighted by Crippen LogP contribution is 2.32. The van der Waals surface area contributed by atoms with Crippen molar-refractivity contribution in [2.45, 2.75) is 62.4 Å². The summed E-state index contributed by atoms with van der Waals surface area (Å²) in [7, 11) is -3.32. The summed E-state index contributed by atoms with van der Waals surface area (Å²) in [6.45, 7) is 0.790. The van der Waals surface area contributed by atoms with E-state index >= 15 is 0 Å². The molecule has 6 nitrogen and oxygen atoms in total. The van der Waals surface area contributed by atoms with Gasteiger partial charge >= 0.3 is 6.03 Å². The number of urea groups is 1. The largest absolute Gasteiger partial charge is 0.322 e. The summed E-state index contributed by atoms with van der Waals surface area (Å²) in [6.07, 6.45) is 12.3. The first-order valence-corrected chi connectivity index (χ1v) is 11.1. The van der Waals surface area contributed by atoms with E-state index in [0.717, 1.165) is 38.0 Å². The van der Waals surface area contributed by atoms with Crippen LogP contribution in [-0.2, 0) is 9.84 Å². The quantitative estimate of drug-likeness (QED) is 0.886. The van der Waals surface area contributed by atoms with Crippen molar-refractivity contribution < 1.29 is 13.2 Å². The molecule has 0 unspecified atom stereocenters. The average molecular weight is 365 g/mol. The Hall–Kier alpha value is -1.63. The van der Waals surface area contributed by atoms with Gasteiger partial charge in [-0.3, -0.25) is 0 Å². The number of hydrogen-bond donors (Lipinski definition) is 1. The van der Waals surface area contributed by atoms with Crippen molar-refractivity contribution in [1.82, 2.24) is 9.88 Å². The smallest absolute Gasteiger partial charge is 0.322 e. The number of amides is 2. The molecule has 1 atom stereocenters. The number of anilines is 1. The van der Waals surface area contributed by atoms with Gasteiger partial charge in [0.1, 0.15) is 0 Å². The number of aromatic nitrogens is 1. The van der Waals surface area contributed by atoms with Crippen molar-refractivity contribution in [2.24, 2.45) is 5.92 Å². The van der Waals surface area contributed by atoms with Crippen LogP contribution in [0.15, 0.2) is 23.4 Å². The summed E-state index contributed by atoms with van der Waals surface area (Å²) >= 11 is 0. The predicted octanol–water partition coefficient (Wildman–Crippen LogP) is 3.45. The Balaban J connectivity index is 1.59. The maximum absolute atomic E-state index is 12.6. The third-order valence-electron chi connectivity index (χ3n) is 5.34. The maximum atomic E-state index is 12.6. The first kappa shape index (κ1) is 18.2. The van der Waals surface area contributed by atoms with Gasteiger partial charge in [0.05, 0.1) is 11.9 Å². The zero-order valence-corrected chi connectivity index (χ0v) is 15.6. The van der Waals surface area contributed by atoms with Gasteiger partial charge in [0.2, 0.25) is 0 Å². The average Bonchev–Trinajstić information content (AvgIpc) is 3.04. The Labute approximate surface area is 149 Å². The van der Waals surface area contributed by atoms with Gasteiger partial charge in [-0.05, 0) is 37.3 Å². The van der Waals surface area contributed by atoms with E-state index < -0.39 is 9.84 Å². The van der Waals surface area contributed by atoms with Gasteiger partial charge in [0, 0.05) is 18.8 Å². The van der Waals surface area contributed by atoms with E-state index in [-0.39, 0.29) is 11.1 Å². The van der Waals surface area contributed by atoms with Crippen LogP contribution in [0.3, 0.4) is 0 Å². The number of nitrogens with one attached hydrogen (secondary N) is 1. The molecule has 3 rings (SSSR count). The summed E-state index contributed by atoms with van der Waals surface area (Å²) in [5.41, 5.74) is 0.528. The summed E-state index contributed by atoms with van der Waals surface area (Å²) in [4.78, 5) is 18.5. The third-order valence-corrected chi connectivity index (χ3v) is 6.34. The van der Waals surface area contributed by atoms with Crippen molar-refractivity contribution >= 4 is 21.6 Å². The van der Waals surface area contributed by atoms with Gasteiger partial charge in [-0.2, -0.15) is 0 Å². The standard InChI is InChI=1S/C18H27N3O3S/c1-25(23,24)17-10-9-15(13-19-17)20-18(22)21-11-5-8-16(21)12-14-6-3-2-4-7-14/h9-10,13-14,16H,2-8,11-12H2,1H3,(H,20,22)/t16-/m0/s1. The molecule has 138 valence electrons. The van der Waals surface area contributed by atoms with Crippen LogP contribution in [0, 0.1) is 5.92 Å². The second-order valence-electron chi connectivity index (χ2n) is 7.32. The minimum absolute atomic E-state index is 0.0156. The van der Waals surface area contributed by atoms with Crippen molar-refractivity contribution in [3.05, 3.63) is 18.3 Å². The van der Waals surface area contributed by atoms with Crippen LogP contribution >= 0.6 is 0 Å². The molecule has 1 aromatic rings. The van der Waals surface area contributed by atoms with Crippen LogP contribution in [0.5, 0.6) is 0 Å². The van der Waals surface area contributed by atoms with E-state index in [9.17, 15) is 13.2 Å². The number of nitrogens with zero attached hydrogens (tertiary/aromatic N) is 2. The lowest BCUT2D eigenvalue weighted by molar-refractivity contribution is 0.190. The summed E-state index contributed by atoms with van der Waals surface area (Å²) in [5.74, 6) is 0.753. The Kier molecular flexibility index (Phi) is 5.61. The molecule has 1 saturated carbocycles. The van der Waals surface area contributed by atoms with Gasteiger partial charge in [-0.15, -0.1) is 0 Å². The van der Waals surface area contributed by atoms with Gasteiger partial charge in [0.25, 0.3) is 0 Å². The molecule has 1 aliphatic carbocycles. The van der Waals surface area contributed by atoms with E-state index in [2.05, 4.69) is 10.3 Å². The lowest BCUT2D eigenvalue weighted by Crippen LogP contribution is -2.39. The molecule has 2 fully saturated rings. The summed E-state index contributed by atoms with van der Waals surface area (Å²) in [5, 5.41) is 2.88. The van der Waals surface area contributed by atoms with Gasteiger partial charge < -0.3 is 10.2 Å². The minimum Gasteiger partial charge on any atom is -0.322 e. The number of rotatable bonds is 4. The van der Waals surface area contributed by atoms with Gasteiger partial charge in [0.15, 0.2) is 14.9 Å². The van der Waals surface area contributed by atoms with Crippen molar-refractivity contribution in [1.29, 1.82) is 0 Å². The normalized spacial score (nSPS) is 22.1. The Morgan fingerprint density at radius 1 is 1.20 bits per heavy atom. The second-order valence-corrected chi connectivity index (χ2v) is 9.28. The molecule has 2 heterocycles. The molecule has 1 aromatic heterocycles. The maximum Gasteiger partial charge on any atom is 0.322 e. The number of likely N-dealkylation sites (tertiary alicyclic amines) is 1. The van der Waals surface area contributed by atoms with E-state index in [4.69, 9.17) is 0 Å². The molecule has 7 heteroatoms. The van der Waals surface area contributed by atoms with Crippen molar-refractivity contribution in [3.63, 3.8) is 0 Å². The Bertz CT molecular complexity index is 697. The van der Waals surface area contributed by atoms with Crippen LogP contribution in [0.2, 0.25) is 0 Å². The van der Waals surface area contributed by atoms with Crippen molar-refractivity contribution in [3.8, 4) is 0 Å². The number of hydrogen-bond acceptors (Lipinski definition) is 4. The fourth-order valence-corrected chi connectivity index (χ4v) is 4.58. The number of pyridine rings is 1. The van der Waals surface area contributed by atoms with E-state index in [0.29, 0.717) is 11.7 Å². The minimum atomic E-state index is -3.32. The van der Waals surface area contributed by atoms with Gasteiger partial charge in [-0.25, -0.2) is 18.2 Å². The SMILES string of the molecule is CS(=O)(=O)c1ccc(NC(=O)N2CCC[C@H]2CC2CCCCC2)cn1. The van der Waals surface area contributed by atoms with Gasteiger partial charge in [-0.1, -0.05) is 32.1 Å². The molecular formula is C18H27N3O3S. The molecule has 2 aliphatic rings. The topological polar surface area (TPSA) is 79.4 Å². The number of sulfone groups is 1. The van der Waals surface area contributed by atoms with Crippen molar-refractivity contribution in [2.75, 3.05) is 18.1 Å². The molecule has 0 bridgehead atoms. The number of carbonyl (C=O) groups excluding carboxylic acids is 1. The lowest BCUT2D eigenvalue weighted by atomic mass is 9.84. The molecule has 2 amide bonds. The highest BCUT2D eigenvalue weighted by molar-refractivity contribution is 7.90. The first-order chi connectivity index (χ1) is 11.9. The third kappa shape index (κ3) is 4.71.